The van der Waals surface area contributed by atoms with E-state index in [2.05, 4.69) is 10.6 Å². The molecule has 0 spiro atoms. The van der Waals surface area contributed by atoms with Crippen molar-refractivity contribution in [3.05, 3.63) is 78.4 Å². The van der Waals surface area contributed by atoms with Crippen LogP contribution in [0.4, 0.5) is 11.4 Å². The zero-order valence-corrected chi connectivity index (χ0v) is 18.1. The molecule has 166 valence electrons. The number of carbonyl (C=O) groups is 2. The van der Waals surface area contributed by atoms with Crippen molar-refractivity contribution in [2.45, 2.75) is 13.3 Å². The average Bonchev–Trinajstić information content (AvgIpc) is 2.82. The molecular formula is C25H26N2O5. The third-order valence-electron chi connectivity index (χ3n) is 4.57. The molecule has 0 atom stereocenters. The predicted molar refractivity (Wildman–Crippen MR) is 124 cm³/mol. The molecule has 3 rings (SSSR count). The number of aryl methyl sites for hydroxylation is 1. The summed E-state index contributed by atoms with van der Waals surface area (Å²) < 4.78 is 16.4. The molecule has 2 N–H and O–H groups in total. The molecule has 0 saturated heterocycles. The minimum absolute atomic E-state index is 0.111. The van der Waals surface area contributed by atoms with Crippen LogP contribution in [0.2, 0.25) is 0 Å². The lowest BCUT2D eigenvalue weighted by Gasteiger charge is -2.12. The summed E-state index contributed by atoms with van der Waals surface area (Å²) in [7, 11) is 1.54. The van der Waals surface area contributed by atoms with Crippen molar-refractivity contribution in [1.29, 1.82) is 0 Å². The van der Waals surface area contributed by atoms with Gasteiger partial charge in [0.25, 0.3) is 11.8 Å². The molecule has 3 aromatic rings. The van der Waals surface area contributed by atoms with Crippen LogP contribution in [0.1, 0.15) is 12.5 Å². The molecule has 0 aliphatic heterocycles. The first-order valence-corrected chi connectivity index (χ1v) is 10.3. The molecule has 2 amide bonds. The maximum Gasteiger partial charge on any atom is 0.262 e. The highest BCUT2D eigenvalue weighted by molar-refractivity contribution is 5.95. The number of rotatable bonds is 10. The third-order valence-corrected chi connectivity index (χ3v) is 4.57. The van der Waals surface area contributed by atoms with Crippen LogP contribution >= 0.6 is 0 Å². The van der Waals surface area contributed by atoms with Gasteiger partial charge in [-0.3, -0.25) is 9.59 Å². The van der Waals surface area contributed by atoms with E-state index in [-0.39, 0.29) is 25.0 Å². The predicted octanol–water partition coefficient (Wildman–Crippen LogP) is 4.29. The summed E-state index contributed by atoms with van der Waals surface area (Å²) >= 11 is 0. The van der Waals surface area contributed by atoms with Crippen molar-refractivity contribution in [1.82, 2.24) is 0 Å². The van der Waals surface area contributed by atoms with E-state index in [4.69, 9.17) is 14.2 Å². The monoisotopic (exact) mass is 434 g/mol. The van der Waals surface area contributed by atoms with Gasteiger partial charge in [-0.1, -0.05) is 43.3 Å². The number of ether oxygens (including phenoxy) is 3. The Labute approximate surface area is 187 Å². The zero-order chi connectivity index (χ0) is 22.8. The number of methoxy groups -OCH3 is 1. The normalized spacial score (nSPS) is 10.2. The van der Waals surface area contributed by atoms with Crippen LogP contribution in [-0.2, 0) is 16.0 Å². The van der Waals surface area contributed by atoms with E-state index in [0.29, 0.717) is 28.6 Å². The van der Waals surface area contributed by atoms with Crippen LogP contribution in [0.25, 0.3) is 0 Å². The zero-order valence-electron chi connectivity index (χ0n) is 18.1. The number of hydrogen-bond donors (Lipinski definition) is 2. The third kappa shape index (κ3) is 6.50. The highest BCUT2D eigenvalue weighted by Gasteiger charge is 2.09. The number of para-hydroxylation sites is 3. The van der Waals surface area contributed by atoms with Gasteiger partial charge in [0.2, 0.25) is 0 Å². The first kappa shape index (κ1) is 22.7. The molecule has 7 nitrogen and oxygen atoms in total. The second-order valence-electron chi connectivity index (χ2n) is 6.87. The van der Waals surface area contributed by atoms with E-state index < -0.39 is 0 Å². The number of hydrogen-bond acceptors (Lipinski definition) is 5. The van der Waals surface area contributed by atoms with Gasteiger partial charge < -0.3 is 24.8 Å². The first-order valence-electron chi connectivity index (χ1n) is 10.3. The summed E-state index contributed by atoms with van der Waals surface area (Å²) in [6.45, 7) is 1.74. The van der Waals surface area contributed by atoms with Gasteiger partial charge in [-0.05, 0) is 48.4 Å². The van der Waals surface area contributed by atoms with Crippen LogP contribution in [0, 0.1) is 0 Å². The van der Waals surface area contributed by atoms with Crippen molar-refractivity contribution in [3.8, 4) is 17.2 Å². The van der Waals surface area contributed by atoms with Gasteiger partial charge in [0.05, 0.1) is 7.11 Å². The number of amides is 2. The fourth-order valence-electron chi connectivity index (χ4n) is 3.03. The molecule has 0 radical (unpaired) electrons. The first-order chi connectivity index (χ1) is 15.6. The van der Waals surface area contributed by atoms with Crippen molar-refractivity contribution in [2.75, 3.05) is 31.0 Å². The van der Waals surface area contributed by atoms with E-state index >= 15 is 0 Å². The van der Waals surface area contributed by atoms with Gasteiger partial charge in [0.1, 0.15) is 5.75 Å². The number of nitrogens with one attached hydrogen (secondary N) is 2. The van der Waals surface area contributed by atoms with E-state index in [1.807, 2.05) is 37.3 Å². The number of carbonyl (C=O) groups excluding carboxylic acids is 2. The standard InChI is InChI=1S/C25H26N2O5/c1-3-18-9-4-5-12-21(18)31-16-24(28)26-19-10-8-11-20(15-19)27-25(29)17-32-23-14-7-6-13-22(23)30-2/h4-15H,3,16-17H2,1-2H3,(H,26,28)(H,27,29). The maximum absolute atomic E-state index is 12.3. The van der Waals surface area contributed by atoms with Crippen LogP contribution in [0.5, 0.6) is 17.2 Å². The molecule has 0 heterocycles. The highest BCUT2D eigenvalue weighted by atomic mass is 16.5. The van der Waals surface area contributed by atoms with E-state index in [9.17, 15) is 9.59 Å². The van der Waals surface area contributed by atoms with Crippen molar-refractivity contribution >= 4 is 23.2 Å². The number of anilines is 2. The fourth-order valence-corrected chi connectivity index (χ4v) is 3.03. The largest absolute Gasteiger partial charge is 0.493 e. The highest BCUT2D eigenvalue weighted by Crippen LogP contribution is 2.25. The minimum atomic E-state index is -0.334. The fraction of sp³-hybridized carbons (Fsp3) is 0.200. The Morgan fingerprint density at radius 3 is 1.84 bits per heavy atom. The van der Waals surface area contributed by atoms with E-state index in [1.54, 1.807) is 42.5 Å². The lowest BCUT2D eigenvalue weighted by molar-refractivity contribution is -0.118. The summed E-state index contributed by atoms with van der Waals surface area (Å²) in [6, 6.07) is 21.6. The quantitative estimate of drug-likeness (QED) is 0.497. The molecule has 0 aliphatic carbocycles. The van der Waals surface area contributed by atoms with Gasteiger partial charge in [-0.15, -0.1) is 0 Å². The summed E-state index contributed by atoms with van der Waals surface area (Å²) in [5.41, 5.74) is 2.12. The van der Waals surface area contributed by atoms with Crippen LogP contribution in [0.15, 0.2) is 72.8 Å². The maximum atomic E-state index is 12.3. The Morgan fingerprint density at radius 2 is 1.25 bits per heavy atom. The van der Waals surface area contributed by atoms with Crippen molar-refractivity contribution in [2.24, 2.45) is 0 Å². The molecule has 0 bridgehead atoms. The Balaban J connectivity index is 1.51. The second-order valence-corrected chi connectivity index (χ2v) is 6.87. The summed E-state index contributed by atoms with van der Waals surface area (Å²) in [6.07, 6.45) is 0.820. The smallest absolute Gasteiger partial charge is 0.262 e. The molecule has 0 fully saturated rings. The lowest BCUT2D eigenvalue weighted by atomic mass is 10.1. The SMILES string of the molecule is CCc1ccccc1OCC(=O)Nc1cccc(NC(=O)COc2ccccc2OC)c1. The molecule has 0 unspecified atom stereocenters. The topological polar surface area (TPSA) is 85.9 Å². The van der Waals surface area contributed by atoms with Crippen molar-refractivity contribution in [3.63, 3.8) is 0 Å². The second kappa shape index (κ2) is 11.4. The lowest BCUT2D eigenvalue weighted by Crippen LogP contribution is -2.21. The van der Waals surface area contributed by atoms with Crippen LogP contribution < -0.4 is 24.8 Å². The minimum Gasteiger partial charge on any atom is -0.493 e. The summed E-state index contributed by atoms with van der Waals surface area (Å²) in [5.74, 6) is 1.10. The molecule has 3 aromatic carbocycles. The molecule has 7 heteroatoms. The summed E-state index contributed by atoms with van der Waals surface area (Å²) in [4.78, 5) is 24.5. The van der Waals surface area contributed by atoms with Crippen LogP contribution in [0.3, 0.4) is 0 Å². The van der Waals surface area contributed by atoms with Gasteiger partial charge in [0.15, 0.2) is 24.7 Å². The summed E-state index contributed by atoms with van der Waals surface area (Å²) in [5, 5.41) is 5.52. The molecule has 32 heavy (non-hydrogen) atoms. The van der Waals surface area contributed by atoms with Crippen LogP contribution in [-0.4, -0.2) is 32.1 Å². The Hall–Kier alpha value is -4.00. The Morgan fingerprint density at radius 1 is 0.719 bits per heavy atom. The average molecular weight is 434 g/mol. The van der Waals surface area contributed by atoms with Gasteiger partial charge in [0, 0.05) is 11.4 Å². The van der Waals surface area contributed by atoms with Gasteiger partial charge in [-0.25, -0.2) is 0 Å². The number of benzene rings is 3. The van der Waals surface area contributed by atoms with Crippen molar-refractivity contribution < 1.29 is 23.8 Å². The molecular weight excluding hydrogens is 408 g/mol. The Kier molecular flexibility index (Phi) is 8.09. The van der Waals surface area contributed by atoms with Gasteiger partial charge in [-0.2, -0.15) is 0 Å². The Bertz CT molecular complexity index is 987. The molecule has 0 aliphatic rings. The van der Waals surface area contributed by atoms with Gasteiger partial charge >= 0.3 is 0 Å². The molecule has 0 aromatic heterocycles. The molecule has 0 saturated carbocycles. The van der Waals surface area contributed by atoms with E-state index in [0.717, 1.165) is 12.0 Å². The van der Waals surface area contributed by atoms with E-state index in [1.165, 1.54) is 7.11 Å².